The first-order valence-corrected chi connectivity index (χ1v) is 13.1. The second kappa shape index (κ2) is 9.32. The molecule has 1 atom stereocenters. The molecule has 28 heavy (non-hydrogen) atoms. The van der Waals surface area contributed by atoms with E-state index in [1.807, 2.05) is 13.8 Å². The van der Waals surface area contributed by atoms with Crippen LogP contribution >= 0.6 is 23.5 Å². The summed E-state index contributed by atoms with van der Waals surface area (Å²) in [5.41, 5.74) is 0.479. The van der Waals surface area contributed by atoms with Crippen molar-refractivity contribution in [3.8, 4) is 0 Å². The van der Waals surface area contributed by atoms with E-state index >= 15 is 0 Å². The number of allylic oxidation sites excluding steroid dienone is 1. The molecule has 1 unspecified atom stereocenters. The highest BCUT2D eigenvalue weighted by molar-refractivity contribution is 9.12. The molecule has 1 aromatic carbocycles. The van der Waals surface area contributed by atoms with Crippen molar-refractivity contribution in [1.82, 2.24) is 4.72 Å². The zero-order valence-corrected chi connectivity index (χ0v) is 19.4. The Morgan fingerprint density at radius 2 is 1.68 bits per heavy atom. The molecule has 0 aliphatic heterocycles. The highest BCUT2D eigenvalue weighted by Gasteiger charge is 2.56. The van der Waals surface area contributed by atoms with E-state index in [-0.39, 0.29) is 40.4 Å². The quantitative estimate of drug-likeness (QED) is 0.487. The maximum Gasteiger partial charge on any atom is 0.360 e. The number of nitrogens with one attached hydrogen (secondary N) is 1. The van der Waals surface area contributed by atoms with Gasteiger partial charge in [-0.15, -0.1) is 0 Å². The molecule has 1 aromatic rings. The van der Waals surface area contributed by atoms with Crippen molar-refractivity contribution in [2.45, 2.75) is 38.9 Å². The van der Waals surface area contributed by atoms with Crippen LogP contribution < -0.4 is 4.72 Å². The molecule has 0 fully saturated rings. The zero-order chi connectivity index (χ0) is 21.0. The monoisotopic (exact) mass is 493 g/mol. The van der Waals surface area contributed by atoms with E-state index in [0.29, 0.717) is 12.8 Å². The molecule has 0 bridgehead atoms. The van der Waals surface area contributed by atoms with Crippen LogP contribution in [0.15, 0.2) is 34.8 Å². The smallest absolute Gasteiger partial charge is 0.307 e. The number of sulfonamides is 1. The van der Waals surface area contributed by atoms with Crippen molar-refractivity contribution in [2.75, 3.05) is 19.0 Å². The van der Waals surface area contributed by atoms with Crippen molar-refractivity contribution in [2.24, 2.45) is 0 Å². The van der Waals surface area contributed by atoms with Gasteiger partial charge in [-0.05, 0) is 41.8 Å². The second-order valence-electron chi connectivity index (χ2n) is 6.30. The van der Waals surface area contributed by atoms with E-state index in [9.17, 15) is 17.8 Å². The molecule has 0 aromatic heterocycles. The number of Topliss-reactive ketones (excluding diaryl/α,β-unsaturated/α-hetero) is 1. The lowest BCUT2D eigenvalue weighted by atomic mass is 9.92. The fraction of sp³-hybridized carbons (Fsp3) is 0.500. The van der Waals surface area contributed by atoms with Crippen molar-refractivity contribution in [3.05, 3.63) is 46.0 Å². The standard InChI is InChI=1S/C18H25BrNO6PS/c1-4-11-25-27(22,26-12-5-2)18(20-28(23,24)6-3)13-16(19)17(21)14-9-7-8-10-15(14)18/h7-10,13,20H,4-6,11-12H2,1-3H3. The predicted molar refractivity (Wildman–Crippen MR) is 112 cm³/mol. The van der Waals surface area contributed by atoms with Crippen molar-refractivity contribution in [3.63, 3.8) is 0 Å². The van der Waals surface area contributed by atoms with Crippen molar-refractivity contribution in [1.29, 1.82) is 0 Å². The Morgan fingerprint density at radius 1 is 1.11 bits per heavy atom. The van der Waals surface area contributed by atoms with Gasteiger partial charge in [-0.2, -0.15) is 4.72 Å². The average Bonchev–Trinajstić information content (AvgIpc) is 2.68. The van der Waals surface area contributed by atoms with Gasteiger partial charge < -0.3 is 9.05 Å². The molecule has 1 aliphatic rings. The van der Waals surface area contributed by atoms with Gasteiger partial charge in [0, 0.05) is 11.1 Å². The molecule has 0 saturated carbocycles. The minimum atomic E-state index is -4.11. The van der Waals surface area contributed by atoms with Gasteiger partial charge in [-0.3, -0.25) is 9.36 Å². The maximum absolute atomic E-state index is 14.1. The summed E-state index contributed by atoms with van der Waals surface area (Å²) in [6, 6.07) is 6.44. The van der Waals surface area contributed by atoms with Crippen LogP contribution in [-0.4, -0.2) is 33.2 Å². The van der Waals surface area contributed by atoms with Crippen molar-refractivity contribution >= 4 is 39.3 Å². The number of ketones is 1. The molecular weight excluding hydrogens is 469 g/mol. The molecule has 0 spiro atoms. The number of benzene rings is 1. The normalized spacial score (nSPS) is 20.0. The van der Waals surface area contributed by atoms with Crippen LogP contribution in [0, 0.1) is 0 Å². The molecule has 156 valence electrons. The second-order valence-corrected chi connectivity index (χ2v) is 11.4. The Morgan fingerprint density at radius 3 is 2.21 bits per heavy atom. The van der Waals surface area contributed by atoms with Gasteiger partial charge in [0.15, 0.2) is 11.1 Å². The Hall–Kier alpha value is -0.830. The van der Waals surface area contributed by atoms with Gasteiger partial charge in [0.05, 0.1) is 23.4 Å². The number of hydrogen-bond acceptors (Lipinski definition) is 6. The zero-order valence-electron chi connectivity index (χ0n) is 16.1. The average molecular weight is 494 g/mol. The van der Waals surface area contributed by atoms with E-state index in [2.05, 4.69) is 20.7 Å². The van der Waals surface area contributed by atoms with Crippen LogP contribution in [0.3, 0.4) is 0 Å². The number of halogens is 1. The van der Waals surface area contributed by atoms with Crippen LogP contribution in [0.2, 0.25) is 0 Å². The summed E-state index contributed by atoms with van der Waals surface area (Å²) < 4.78 is 53.2. The van der Waals surface area contributed by atoms with Gasteiger partial charge in [0.1, 0.15) is 0 Å². The third kappa shape index (κ3) is 4.50. The number of carbonyl (C=O) groups excluding carboxylic acids is 1. The SMILES string of the molecule is CCCOP(=O)(OCCC)C1(NS(=O)(=O)CC)C=C(Br)C(=O)c2ccccc21. The maximum atomic E-state index is 14.1. The van der Waals surface area contributed by atoms with Gasteiger partial charge in [0.25, 0.3) is 0 Å². The van der Waals surface area contributed by atoms with E-state index in [4.69, 9.17) is 9.05 Å². The van der Waals surface area contributed by atoms with E-state index in [0.717, 1.165) is 0 Å². The van der Waals surface area contributed by atoms with E-state index in [1.54, 1.807) is 24.3 Å². The molecule has 7 nitrogen and oxygen atoms in total. The Balaban J connectivity index is 2.83. The Labute approximate surface area is 174 Å². The molecule has 0 radical (unpaired) electrons. The lowest BCUT2D eigenvalue weighted by Crippen LogP contribution is -2.48. The van der Waals surface area contributed by atoms with E-state index < -0.39 is 22.9 Å². The molecule has 1 aliphatic carbocycles. The molecular formula is C18H25BrNO6PS. The number of hydrogen-bond donors (Lipinski definition) is 1. The number of carbonyl (C=O) groups is 1. The first-order valence-electron chi connectivity index (χ1n) is 9.09. The molecule has 10 heteroatoms. The minimum absolute atomic E-state index is 0.0884. The predicted octanol–water partition coefficient (Wildman–Crippen LogP) is 4.30. The van der Waals surface area contributed by atoms with Crippen LogP contribution in [0.1, 0.15) is 49.5 Å². The first kappa shape index (κ1) is 23.4. The topological polar surface area (TPSA) is 98.8 Å². The van der Waals surface area contributed by atoms with Crippen LogP contribution in [0.4, 0.5) is 0 Å². The summed E-state index contributed by atoms with van der Waals surface area (Å²) in [7, 11) is -7.97. The number of rotatable bonds is 10. The largest absolute Gasteiger partial charge is 0.360 e. The van der Waals surface area contributed by atoms with Gasteiger partial charge >= 0.3 is 7.60 Å². The molecule has 0 saturated heterocycles. The molecule has 0 heterocycles. The van der Waals surface area contributed by atoms with Crippen LogP contribution in [-0.2, 0) is 28.9 Å². The fourth-order valence-corrected chi connectivity index (χ4v) is 7.30. The third-order valence-electron chi connectivity index (χ3n) is 4.19. The molecule has 1 N–H and O–H groups in total. The highest BCUT2D eigenvalue weighted by atomic mass is 79.9. The van der Waals surface area contributed by atoms with E-state index in [1.165, 1.54) is 13.0 Å². The van der Waals surface area contributed by atoms with Crippen molar-refractivity contribution < 1.29 is 26.8 Å². The summed E-state index contributed by atoms with van der Waals surface area (Å²) >= 11 is 3.20. The molecule has 0 amide bonds. The summed E-state index contributed by atoms with van der Waals surface area (Å²) in [6.45, 7) is 5.38. The number of fused-ring (bicyclic) bond motifs is 1. The van der Waals surface area contributed by atoms with Crippen LogP contribution in [0.25, 0.3) is 0 Å². The lowest BCUT2D eigenvalue weighted by Gasteiger charge is -2.40. The van der Waals surface area contributed by atoms with Crippen LogP contribution in [0.5, 0.6) is 0 Å². The summed E-state index contributed by atoms with van der Waals surface area (Å²) in [5.74, 6) is -0.572. The fourth-order valence-electron chi connectivity index (χ4n) is 2.81. The molecule has 2 rings (SSSR count). The summed E-state index contributed by atoms with van der Waals surface area (Å²) in [4.78, 5) is 12.6. The summed E-state index contributed by atoms with van der Waals surface area (Å²) in [6.07, 6.45) is 2.42. The van der Waals surface area contributed by atoms with Gasteiger partial charge in [-0.1, -0.05) is 38.1 Å². The first-order chi connectivity index (χ1) is 13.2. The van der Waals surface area contributed by atoms with Gasteiger partial charge in [0.2, 0.25) is 10.0 Å². The summed E-state index contributed by atoms with van der Waals surface area (Å²) in [5, 5.41) is -1.85. The third-order valence-corrected chi connectivity index (χ3v) is 8.71. The lowest BCUT2D eigenvalue weighted by molar-refractivity contribution is 0.103. The highest BCUT2D eigenvalue weighted by Crippen LogP contribution is 2.66. The Bertz CT molecular complexity index is 904. The minimum Gasteiger partial charge on any atom is -0.307 e. The Kier molecular flexibility index (Phi) is 7.81. The van der Waals surface area contributed by atoms with Gasteiger partial charge in [-0.25, -0.2) is 8.42 Å².